The molecule has 1 heterocycles. The third-order valence-electron chi connectivity index (χ3n) is 2.04. The predicted octanol–water partition coefficient (Wildman–Crippen LogP) is 1.27. The molecule has 1 aromatic rings. The van der Waals surface area contributed by atoms with E-state index in [1.807, 2.05) is 6.92 Å². The first-order chi connectivity index (χ1) is 8.63. The van der Waals surface area contributed by atoms with Gasteiger partial charge in [-0.25, -0.2) is 9.78 Å². The minimum Gasteiger partial charge on any atom is -0.480 e. The second kappa shape index (κ2) is 7.78. The lowest BCUT2D eigenvalue weighted by Gasteiger charge is -2.00. The predicted molar refractivity (Wildman–Crippen MR) is 66.6 cm³/mol. The molecule has 0 aromatic carbocycles. The van der Waals surface area contributed by atoms with Gasteiger partial charge in [-0.05, 0) is 6.42 Å². The van der Waals surface area contributed by atoms with E-state index >= 15 is 0 Å². The quantitative estimate of drug-likeness (QED) is 0.547. The van der Waals surface area contributed by atoms with Crippen LogP contribution in [0, 0.1) is 0 Å². The molecule has 1 aromatic heterocycles. The number of aliphatic carboxylic acids is 1. The van der Waals surface area contributed by atoms with Crippen LogP contribution in [0.3, 0.4) is 0 Å². The van der Waals surface area contributed by atoms with E-state index < -0.39 is 11.9 Å². The zero-order valence-electron chi connectivity index (χ0n) is 10.1. The van der Waals surface area contributed by atoms with Crippen LogP contribution in [0.25, 0.3) is 0 Å². The van der Waals surface area contributed by atoms with Crippen molar-refractivity contribution in [2.75, 3.05) is 13.2 Å². The average Bonchev–Trinajstić information content (AvgIpc) is 2.77. The van der Waals surface area contributed by atoms with Gasteiger partial charge in [0.05, 0.1) is 13.2 Å². The molecular weight excluding hydrogens is 256 g/mol. The minimum atomic E-state index is -0.925. The number of ether oxygens (including phenoxy) is 1. The van der Waals surface area contributed by atoms with Crippen LogP contribution in [0.5, 0.6) is 0 Å². The Labute approximate surface area is 109 Å². The molecule has 0 aliphatic carbocycles. The molecule has 0 aliphatic heterocycles. The Morgan fingerprint density at radius 3 is 3.00 bits per heavy atom. The summed E-state index contributed by atoms with van der Waals surface area (Å²) in [5, 5.41) is 13.4. The summed E-state index contributed by atoms with van der Waals surface area (Å²) in [7, 11) is 0. The van der Waals surface area contributed by atoms with Gasteiger partial charge >= 0.3 is 11.9 Å². The molecule has 0 radical (unpaired) electrons. The number of nitrogens with one attached hydrogen (secondary N) is 1. The van der Waals surface area contributed by atoms with Crippen molar-refractivity contribution < 1.29 is 19.4 Å². The highest BCUT2D eigenvalue weighted by Crippen LogP contribution is 2.10. The normalized spacial score (nSPS) is 10.3. The molecule has 0 amide bonds. The summed E-state index contributed by atoms with van der Waals surface area (Å²) >= 11 is 1.30. The largest absolute Gasteiger partial charge is 0.480 e. The number of carboxylic acids is 1. The summed E-state index contributed by atoms with van der Waals surface area (Å²) in [5.74, 6) is -1.35. The molecule has 0 aliphatic rings. The maximum absolute atomic E-state index is 11.5. The van der Waals surface area contributed by atoms with E-state index in [4.69, 9.17) is 9.84 Å². The van der Waals surface area contributed by atoms with E-state index in [1.165, 1.54) is 11.3 Å². The SMILES string of the molecule is CCCCOC(=O)c1csc(CNCC(=O)O)n1. The number of carbonyl (C=O) groups is 2. The van der Waals surface area contributed by atoms with Crippen molar-refractivity contribution >= 4 is 23.3 Å². The summed E-state index contributed by atoms with van der Waals surface area (Å²) in [5.41, 5.74) is 0.281. The maximum Gasteiger partial charge on any atom is 0.357 e. The summed E-state index contributed by atoms with van der Waals surface area (Å²) < 4.78 is 5.02. The third-order valence-corrected chi connectivity index (χ3v) is 2.89. The van der Waals surface area contributed by atoms with Crippen molar-refractivity contribution in [2.24, 2.45) is 0 Å². The highest BCUT2D eigenvalue weighted by Gasteiger charge is 2.11. The molecule has 0 saturated carbocycles. The maximum atomic E-state index is 11.5. The van der Waals surface area contributed by atoms with Gasteiger partial charge < -0.3 is 15.2 Å². The molecular formula is C11H16N2O4S. The number of hydrogen-bond donors (Lipinski definition) is 2. The van der Waals surface area contributed by atoms with Gasteiger partial charge in [-0.3, -0.25) is 4.79 Å². The number of rotatable bonds is 8. The molecule has 1 rings (SSSR count). The molecule has 0 unspecified atom stereocenters. The van der Waals surface area contributed by atoms with E-state index in [2.05, 4.69) is 10.3 Å². The van der Waals surface area contributed by atoms with Crippen LogP contribution in [-0.2, 0) is 16.1 Å². The summed E-state index contributed by atoms with van der Waals surface area (Å²) in [6.45, 7) is 2.62. The van der Waals surface area contributed by atoms with Gasteiger partial charge in [-0.15, -0.1) is 11.3 Å². The monoisotopic (exact) mass is 272 g/mol. The van der Waals surface area contributed by atoms with Crippen LogP contribution in [0.15, 0.2) is 5.38 Å². The molecule has 0 atom stereocenters. The zero-order chi connectivity index (χ0) is 13.4. The lowest BCUT2D eigenvalue weighted by Crippen LogP contribution is -2.21. The van der Waals surface area contributed by atoms with Gasteiger partial charge in [0.2, 0.25) is 0 Å². The lowest BCUT2D eigenvalue weighted by molar-refractivity contribution is -0.136. The van der Waals surface area contributed by atoms with E-state index in [9.17, 15) is 9.59 Å². The molecule has 0 bridgehead atoms. The first-order valence-corrected chi connectivity index (χ1v) is 6.55. The highest BCUT2D eigenvalue weighted by molar-refractivity contribution is 7.09. The van der Waals surface area contributed by atoms with Crippen molar-refractivity contribution in [3.8, 4) is 0 Å². The van der Waals surface area contributed by atoms with Crippen molar-refractivity contribution in [3.05, 3.63) is 16.1 Å². The minimum absolute atomic E-state index is 0.129. The number of carbonyl (C=O) groups excluding carboxylic acids is 1. The van der Waals surface area contributed by atoms with Gasteiger partial charge in [-0.2, -0.15) is 0 Å². The smallest absolute Gasteiger partial charge is 0.357 e. The average molecular weight is 272 g/mol. The number of aromatic nitrogens is 1. The summed E-state index contributed by atoms with van der Waals surface area (Å²) in [6, 6.07) is 0. The number of thiazole rings is 1. The van der Waals surface area contributed by atoms with Crippen LogP contribution in [0.4, 0.5) is 0 Å². The van der Waals surface area contributed by atoms with Gasteiger partial charge in [-0.1, -0.05) is 13.3 Å². The molecule has 0 saturated heterocycles. The van der Waals surface area contributed by atoms with Crippen molar-refractivity contribution in [1.82, 2.24) is 10.3 Å². The highest BCUT2D eigenvalue weighted by atomic mass is 32.1. The molecule has 18 heavy (non-hydrogen) atoms. The number of esters is 1. The van der Waals surface area contributed by atoms with E-state index in [1.54, 1.807) is 5.38 Å². The molecule has 100 valence electrons. The molecule has 0 fully saturated rings. The van der Waals surface area contributed by atoms with E-state index in [0.29, 0.717) is 18.2 Å². The Morgan fingerprint density at radius 2 is 2.33 bits per heavy atom. The van der Waals surface area contributed by atoms with Gasteiger partial charge in [0, 0.05) is 11.9 Å². The van der Waals surface area contributed by atoms with Crippen LogP contribution >= 0.6 is 11.3 Å². The second-order valence-electron chi connectivity index (χ2n) is 3.61. The Hall–Kier alpha value is -1.47. The Morgan fingerprint density at radius 1 is 1.56 bits per heavy atom. The van der Waals surface area contributed by atoms with Crippen LogP contribution in [-0.4, -0.2) is 35.2 Å². The Bertz CT molecular complexity index is 406. The first-order valence-electron chi connectivity index (χ1n) is 5.67. The Kier molecular flexibility index (Phi) is 6.31. The van der Waals surface area contributed by atoms with Crippen LogP contribution in [0.2, 0.25) is 0 Å². The molecule has 0 spiro atoms. The van der Waals surface area contributed by atoms with Gasteiger partial charge in [0.15, 0.2) is 5.69 Å². The van der Waals surface area contributed by atoms with E-state index in [0.717, 1.165) is 12.8 Å². The van der Waals surface area contributed by atoms with Gasteiger partial charge in [0.1, 0.15) is 5.01 Å². The van der Waals surface area contributed by atoms with Gasteiger partial charge in [0.25, 0.3) is 0 Å². The van der Waals surface area contributed by atoms with Crippen LogP contribution in [0.1, 0.15) is 35.3 Å². The van der Waals surface area contributed by atoms with Crippen LogP contribution < -0.4 is 5.32 Å². The number of hydrogen-bond acceptors (Lipinski definition) is 6. The number of carboxylic acid groups (broad SMARTS) is 1. The fraction of sp³-hybridized carbons (Fsp3) is 0.545. The third kappa shape index (κ3) is 5.24. The lowest BCUT2D eigenvalue weighted by atomic mass is 10.4. The Balaban J connectivity index is 2.37. The van der Waals surface area contributed by atoms with Crippen molar-refractivity contribution in [3.63, 3.8) is 0 Å². The van der Waals surface area contributed by atoms with Crippen molar-refractivity contribution in [1.29, 1.82) is 0 Å². The first kappa shape index (κ1) is 14.6. The molecule has 6 nitrogen and oxygen atoms in total. The summed E-state index contributed by atoms with van der Waals surface area (Å²) in [4.78, 5) is 25.9. The topological polar surface area (TPSA) is 88.5 Å². The fourth-order valence-electron chi connectivity index (χ4n) is 1.15. The fourth-order valence-corrected chi connectivity index (χ4v) is 1.88. The van der Waals surface area contributed by atoms with E-state index in [-0.39, 0.29) is 12.2 Å². The number of unbranched alkanes of at least 4 members (excludes halogenated alkanes) is 1. The zero-order valence-corrected chi connectivity index (χ0v) is 11.0. The standard InChI is InChI=1S/C11H16N2O4S/c1-2-3-4-17-11(16)8-7-18-9(13-8)5-12-6-10(14)15/h7,12H,2-6H2,1H3,(H,14,15). The molecule has 2 N–H and O–H groups in total. The second-order valence-corrected chi connectivity index (χ2v) is 4.56. The molecule has 7 heteroatoms. The number of nitrogens with zero attached hydrogens (tertiary/aromatic N) is 1. The summed E-state index contributed by atoms with van der Waals surface area (Å²) in [6.07, 6.45) is 1.80. The van der Waals surface area contributed by atoms with Crippen molar-refractivity contribution in [2.45, 2.75) is 26.3 Å².